The Kier molecular flexibility index (Phi) is 5.65. The lowest BCUT2D eigenvalue weighted by Gasteiger charge is -2.13. The number of rotatable bonds is 6. The van der Waals surface area contributed by atoms with Crippen LogP contribution >= 0.6 is 0 Å². The van der Waals surface area contributed by atoms with Crippen molar-refractivity contribution in [1.29, 1.82) is 0 Å². The molecule has 1 aromatic carbocycles. The summed E-state index contributed by atoms with van der Waals surface area (Å²) in [5, 5.41) is 11.8. The van der Waals surface area contributed by atoms with Crippen LogP contribution in [0.2, 0.25) is 0 Å². The molecule has 1 amide bonds. The Balaban J connectivity index is 2.47. The van der Waals surface area contributed by atoms with Gasteiger partial charge in [0.15, 0.2) is 0 Å². The summed E-state index contributed by atoms with van der Waals surface area (Å²) in [6.45, 7) is 3.82. The van der Waals surface area contributed by atoms with Gasteiger partial charge >= 0.3 is 0 Å². The Labute approximate surface area is 108 Å². The minimum absolute atomic E-state index is 0.0354. The summed E-state index contributed by atoms with van der Waals surface area (Å²) < 4.78 is 5.08. The minimum Gasteiger partial charge on any atom is -0.497 e. The van der Waals surface area contributed by atoms with E-state index in [0.29, 0.717) is 13.0 Å². The Morgan fingerprint density at radius 3 is 2.44 bits per heavy atom. The average molecular weight is 251 g/mol. The van der Waals surface area contributed by atoms with Gasteiger partial charge < -0.3 is 15.2 Å². The first-order chi connectivity index (χ1) is 8.52. The first-order valence-corrected chi connectivity index (χ1v) is 6.11. The van der Waals surface area contributed by atoms with Crippen LogP contribution < -0.4 is 10.1 Å². The zero-order chi connectivity index (χ0) is 13.5. The third-order valence-electron chi connectivity index (χ3n) is 2.72. The summed E-state index contributed by atoms with van der Waals surface area (Å²) in [4.78, 5) is 11.7. The van der Waals surface area contributed by atoms with Crippen molar-refractivity contribution in [3.63, 3.8) is 0 Å². The number of methoxy groups -OCH3 is 1. The molecule has 1 aromatic rings. The molecule has 0 aromatic heterocycles. The van der Waals surface area contributed by atoms with Crippen molar-refractivity contribution >= 4 is 5.91 Å². The molecule has 0 aliphatic carbocycles. The van der Waals surface area contributed by atoms with E-state index in [1.807, 2.05) is 31.2 Å². The molecule has 0 saturated carbocycles. The minimum atomic E-state index is -0.512. The van der Waals surface area contributed by atoms with Crippen LogP contribution in [0, 0.1) is 5.92 Å². The van der Waals surface area contributed by atoms with Crippen molar-refractivity contribution in [1.82, 2.24) is 5.32 Å². The van der Waals surface area contributed by atoms with Gasteiger partial charge in [0.25, 0.3) is 0 Å². The van der Waals surface area contributed by atoms with Crippen molar-refractivity contribution in [2.75, 3.05) is 13.7 Å². The zero-order valence-electron chi connectivity index (χ0n) is 11.1. The topological polar surface area (TPSA) is 58.6 Å². The fourth-order valence-corrected chi connectivity index (χ4v) is 1.63. The van der Waals surface area contributed by atoms with Gasteiger partial charge in [-0.05, 0) is 31.0 Å². The Bertz CT molecular complexity index is 373. The number of aliphatic hydroxyl groups excluding tert-OH is 1. The normalized spacial score (nSPS) is 13.8. The van der Waals surface area contributed by atoms with Gasteiger partial charge in [0.1, 0.15) is 5.75 Å². The number of amides is 1. The van der Waals surface area contributed by atoms with E-state index in [9.17, 15) is 4.79 Å². The quantitative estimate of drug-likeness (QED) is 0.803. The second-order valence-corrected chi connectivity index (χ2v) is 4.55. The molecule has 0 spiro atoms. The third-order valence-corrected chi connectivity index (χ3v) is 2.72. The largest absolute Gasteiger partial charge is 0.497 e. The molecule has 0 saturated heterocycles. The molecule has 0 aliphatic heterocycles. The molecule has 2 N–H and O–H groups in total. The smallest absolute Gasteiger partial charge is 0.223 e. The highest BCUT2D eigenvalue weighted by Gasteiger charge is 2.13. The van der Waals surface area contributed by atoms with Crippen LogP contribution in [-0.2, 0) is 11.2 Å². The van der Waals surface area contributed by atoms with Crippen molar-refractivity contribution in [3.8, 4) is 5.75 Å². The van der Waals surface area contributed by atoms with Crippen LogP contribution in [0.1, 0.15) is 19.4 Å². The molecular formula is C14H21NO3. The van der Waals surface area contributed by atoms with Gasteiger partial charge in [0.2, 0.25) is 5.91 Å². The molecule has 0 radical (unpaired) electrons. The lowest BCUT2D eigenvalue weighted by molar-refractivity contribution is -0.124. The number of hydrogen-bond donors (Lipinski definition) is 2. The van der Waals surface area contributed by atoms with E-state index in [4.69, 9.17) is 9.84 Å². The summed E-state index contributed by atoms with van der Waals surface area (Å²) in [5.74, 6) is 0.661. The van der Waals surface area contributed by atoms with E-state index in [-0.39, 0.29) is 11.8 Å². The molecule has 4 heteroatoms. The molecule has 0 heterocycles. The lowest BCUT2D eigenvalue weighted by atomic mass is 10.0. The van der Waals surface area contributed by atoms with E-state index in [2.05, 4.69) is 5.32 Å². The van der Waals surface area contributed by atoms with Crippen LogP contribution in [0.5, 0.6) is 5.75 Å². The van der Waals surface area contributed by atoms with Crippen LogP contribution in [0.25, 0.3) is 0 Å². The SMILES string of the molecule is COc1ccc(CC(C)C(=O)NCC(C)O)cc1. The van der Waals surface area contributed by atoms with Gasteiger partial charge in [0.05, 0.1) is 13.2 Å². The Morgan fingerprint density at radius 2 is 1.94 bits per heavy atom. The number of carbonyl (C=O) groups excluding carboxylic acids is 1. The maximum Gasteiger partial charge on any atom is 0.223 e. The molecule has 0 bridgehead atoms. The van der Waals surface area contributed by atoms with Gasteiger partial charge in [-0.25, -0.2) is 0 Å². The van der Waals surface area contributed by atoms with Crippen LogP contribution in [-0.4, -0.2) is 30.8 Å². The van der Waals surface area contributed by atoms with Gasteiger partial charge in [-0.3, -0.25) is 4.79 Å². The number of nitrogens with one attached hydrogen (secondary N) is 1. The fourth-order valence-electron chi connectivity index (χ4n) is 1.63. The highest BCUT2D eigenvalue weighted by molar-refractivity contribution is 5.78. The van der Waals surface area contributed by atoms with Gasteiger partial charge in [-0.15, -0.1) is 0 Å². The molecule has 100 valence electrons. The summed E-state index contributed by atoms with van der Waals surface area (Å²) in [6, 6.07) is 7.68. The van der Waals surface area contributed by atoms with E-state index in [0.717, 1.165) is 11.3 Å². The highest BCUT2D eigenvalue weighted by Crippen LogP contribution is 2.14. The maximum absolute atomic E-state index is 11.7. The van der Waals surface area contributed by atoms with Crippen LogP contribution in [0.3, 0.4) is 0 Å². The predicted octanol–water partition coefficient (Wildman–Crippen LogP) is 1.37. The molecule has 0 aliphatic rings. The lowest BCUT2D eigenvalue weighted by Crippen LogP contribution is -2.35. The molecule has 1 rings (SSSR count). The Hall–Kier alpha value is -1.55. The summed E-state index contributed by atoms with van der Waals surface area (Å²) >= 11 is 0. The van der Waals surface area contributed by atoms with E-state index >= 15 is 0 Å². The van der Waals surface area contributed by atoms with Crippen molar-refractivity contribution in [2.45, 2.75) is 26.4 Å². The molecular weight excluding hydrogens is 230 g/mol. The van der Waals surface area contributed by atoms with Gasteiger partial charge in [-0.1, -0.05) is 19.1 Å². The third kappa shape index (κ3) is 4.75. The van der Waals surface area contributed by atoms with Crippen LogP contribution in [0.4, 0.5) is 0 Å². The first-order valence-electron chi connectivity index (χ1n) is 6.11. The monoisotopic (exact) mass is 251 g/mol. The van der Waals surface area contributed by atoms with Gasteiger partial charge in [0, 0.05) is 12.5 Å². The molecule has 0 fully saturated rings. The van der Waals surface area contributed by atoms with Crippen molar-refractivity contribution in [3.05, 3.63) is 29.8 Å². The zero-order valence-corrected chi connectivity index (χ0v) is 11.1. The Morgan fingerprint density at radius 1 is 1.33 bits per heavy atom. The fraction of sp³-hybridized carbons (Fsp3) is 0.500. The number of aliphatic hydroxyl groups is 1. The number of carbonyl (C=O) groups is 1. The summed E-state index contributed by atoms with van der Waals surface area (Å²) in [5.41, 5.74) is 1.09. The van der Waals surface area contributed by atoms with E-state index in [1.165, 1.54) is 0 Å². The van der Waals surface area contributed by atoms with Crippen LogP contribution in [0.15, 0.2) is 24.3 Å². The highest BCUT2D eigenvalue weighted by atomic mass is 16.5. The molecule has 2 atom stereocenters. The molecule has 18 heavy (non-hydrogen) atoms. The standard InChI is InChI=1S/C14H21NO3/c1-10(14(17)15-9-11(2)16)8-12-4-6-13(18-3)7-5-12/h4-7,10-11,16H,8-9H2,1-3H3,(H,15,17). The second-order valence-electron chi connectivity index (χ2n) is 4.55. The molecule has 2 unspecified atom stereocenters. The van der Waals surface area contributed by atoms with Crippen molar-refractivity contribution < 1.29 is 14.6 Å². The summed E-state index contributed by atoms with van der Waals surface area (Å²) in [6.07, 6.45) is 0.164. The number of ether oxygens (including phenoxy) is 1. The number of hydrogen-bond acceptors (Lipinski definition) is 3. The van der Waals surface area contributed by atoms with E-state index in [1.54, 1.807) is 14.0 Å². The van der Waals surface area contributed by atoms with Crippen molar-refractivity contribution in [2.24, 2.45) is 5.92 Å². The predicted molar refractivity (Wildman–Crippen MR) is 70.6 cm³/mol. The first kappa shape index (κ1) is 14.5. The molecule has 4 nitrogen and oxygen atoms in total. The maximum atomic E-state index is 11.7. The summed E-state index contributed by atoms with van der Waals surface area (Å²) in [7, 11) is 1.63. The second kappa shape index (κ2) is 7.01. The van der Waals surface area contributed by atoms with Gasteiger partial charge in [-0.2, -0.15) is 0 Å². The van der Waals surface area contributed by atoms with E-state index < -0.39 is 6.10 Å². The average Bonchev–Trinajstić information content (AvgIpc) is 2.36. The number of benzene rings is 1.